The molecule has 3 nitrogen and oxygen atoms in total. The van der Waals surface area contributed by atoms with Gasteiger partial charge in [-0.25, -0.2) is 0 Å². The number of fused-ring (bicyclic) bond motifs is 1. The average Bonchev–Trinajstić information content (AvgIpc) is 2.88. The standard InChI is InChI=1S/C10H10N2O/c13-11-9-3-4-10(12-5-6-12)8-2-1-7(8)9/h3-4H,1-2,5-6H2. The molecule has 3 heteroatoms. The molecule has 0 bridgehead atoms. The highest BCUT2D eigenvalue weighted by Gasteiger charge is 2.28. The minimum Gasteiger partial charge on any atom is -0.368 e. The second-order valence-electron chi connectivity index (χ2n) is 3.64. The molecule has 0 saturated carbocycles. The summed E-state index contributed by atoms with van der Waals surface area (Å²) < 4.78 is 0. The predicted molar refractivity (Wildman–Crippen MR) is 51.5 cm³/mol. The monoisotopic (exact) mass is 174 g/mol. The molecule has 0 aromatic heterocycles. The normalized spacial score (nSPS) is 17.7. The van der Waals surface area contributed by atoms with Gasteiger partial charge in [-0.2, -0.15) is 0 Å². The Morgan fingerprint density at radius 3 is 2.46 bits per heavy atom. The van der Waals surface area contributed by atoms with Crippen LogP contribution in [0.4, 0.5) is 11.4 Å². The molecular weight excluding hydrogens is 164 g/mol. The third kappa shape index (κ3) is 0.899. The smallest absolute Gasteiger partial charge is 0.111 e. The van der Waals surface area contributed by atoms with Crippen LogP contribution in [0.25, 0.3) is 0 Å². The maximum atomic E-state index is 10.4. The van der Waals surface area contributed by atoms with Gasteiger partial charge in [-0.1, -0.05) is 0 Å². The SMILES string of the molecule is O=Nc1ccc(N2CC2)c2c1CC2. The fraction of sp³-hybridized carbons (Fsp3) is 0.400. The number of anilines is 1. The molecule has 0 radical (unpaired) electrons. The first-order valence-electron chi connectivity index (χ1n) is 4.63. The van der Waals surface area contributed by atoms with Crippen molar-refractivity contribution in [2.45, 2.75) is 12.8 Å². The molecule has 0 N–H and O–H groups in total. The van der Waals surface area contributed by atoms with Crippen molar-refractivity contribution in [1.82, 2.24) is 0 Å². The number of rotatable bonds is 2. The zero-order valence-corrected chi connectivity index (χ0v) is 7.29. The summed E-state index contributed by atoms with van der Waals surface area (Å²) in [5, 5.41) is 3.03. The van der Waals surface area contributed by atoms with Crippen molar-refractivity contribution in [3.63, 3.8) is 0 Å². The average molecular weight is 174 g/mol. The second-order valence-corrected chi connectivity index (χ2v) is 3.64. The van der Waals surface area contributed by atoms with Crippen LogP contribution in [0.5, 0.6) is 0 Å². The zero-order chi connectivity index (χ0) is 8.84. The maximum Gasteiger partial charge on any atom is 0.111 e. The second kappa shape index (κ2) is 2.31. The third-order valence-corrected chi connectivity index (χ3v) is 2.89. The van der Waals surface area contributed by atoms with Gasteiger partial charge in [-0.15, -0.1) is 4.91 Å². The van der Waals surface area contributed by atoms with E-state index in [2.05, 4.69) is 10.1 Å². The third-order valence-electron chi connectivity index (χ3n) is 2.89. The quantitative estimate of drug-likeness (QED) is 0.507. The van der Waals surface area contributed by atoms with Gasteiger partial charge in [0.1, 0.15) is 5.69 Å². The lowest BCUT2D eigenvalue weighted by molar-refractivity contribution is 0.838. The van der Waals surface area contributed by atoms with Crippen molar-refractivity contribution in [1.29, 1.82) is 0 Å². The van der Waals surface area contributed by atoms with Crippen LogP contribution in [0, 0.1) is 4.91 Å². The van der Waals surface area contributed by atoms with Crippen molar-refractivity contribution in [3.05, 3.63) is 28.2 Å². The minimum absolute atomic E-state index is 0.645. The first kappa shape index (κ1) is 7.06. The number of hydrogen-bond acceptors (Lipinski definition) is 3. The number of nitrogens with zero attached hydrogens (tertiary/aromatic N) is 2. The van der Waals surface area contributed by atoms with Crippen molar-refractivity contribution in [2.75, 3.05) is 18.0 Å². The molecule has 1 aromatic rings. The van der Waals surface area contributed by atoms with E-state index in [1.807, 2.05) is 12.1 Å². The Balaban J connectivity index is 2.14. The Bertz CT molecular complexity index is 383. The van der Waals surface area contributed by atoms with Crippen molar-refractivity contribution in [3.8, 4) is 0 Å². The molecule has 1 aromatic carbocycles. The van der Waals surface area contributed by atoms with Gasteiger partial charge >= 0.3 is 0 Å². The van der Waals surface area contributed by atoms with Crippen LogP contribution in [0.1, 0.15) is 11.1 Å². The van der Waals surface area contributed by atoms with Gasteiger partial charge in [-0.05, 0) is 41.3 Å². The van der Waals surface area contributed by atoms with Crippen LogP contribution in [0.3, 0.4) is 0 Å². The van der Waals surface area contributed by atoms with Crippen molar-refractivity contribution >= 4 is 11.4 Å². The topological polar surface area (TPSA) is 32.4 Å². The molecule has 0 atom stereocenters. The van der Waals surface area contributed by atoms with Gasteiger partial charge in [0.05, 0.1) is 0 Å². The fourth-order valence-electron chi connectivity index (χ4n) is 1.97. The molecule has 0 amide bonds. The Morgan fingerprint density at radius 1 is 1.15 bits per heavy atom. The van der Waals surface area contributed by atoms with Crippen molar-refractivity contribution < 1.29 is 0 Å². The molecule has 1 saturated heterocycles. The molecule has 1 heterocycles. The summed E-state index contributed by atoms with van der Waals surface area (Å²) in [6.07, 6.45) is 2.14. The molecule has 0 spiro atoms. The summed E-state index contributed by atoms with van der Waals surface area (Å²) >= 11 is 0. The van der Waals surface area contributed by atoms with Crippen LogP contribution in [0.15, 0.2) is 17.3 Å². The number of hydrogen-bond donors (Lipinski definition) is 0. The minimum atomic E-state index is 0.645. The summed E-state index contributed by atoms with van der Waals surface area (Å²) in [4.78, 5) is 12.8. The van der Waals surface area contributed by atoms with Crippen LogP contribution in [-0.4, -0.2) is 13.1 Å². The van der Waals surface area contributed by atoms with E-state index < -0.39 is 0 Å². The van der Waals surface area contributed by atoms with Gasteiger partial charge in [0, 0.05) is 18.8 Å². The lowest BCUT2D eigenvalue weighted by Crippen LogP contribution is -2.12. The number of nitroso groups, excluding NO2 is 1. The van der Waals surface area contributed by atoms with Gasteiger partial charge in [0.15, 0.2) is 0 Å². The Kier molecular flexibility index (Phi) is 1.26. The Labute approximate surface area is 76.3 Å². The summed E-state index contributed by atoms with van der Waals surface area (Å²) in [5.74, 6) is 0. The predicted octanol–water partition coefficient (Wildman–Crippen LogP) is 2.00. The molecule has 1 aliphatic carbocycles. The van der Waals surface area contributed by atoms with Crippen LogP contribution in [-0.2, 0) is 12.8 Å². The molecule has 13 heavy (non-hydrogen) atoms. The van der Waals surface area contributed by atoms with Crippen LogP contribution in [0.2, 0.25) is 0 Å². The molecular formula is C10H10N2O. The zero-order valence-electron chi connectivity index (χ0n) is 7.29. The molecule has 1 aliphatic heterocycles. The number of benzene rings is 1. The molecule has 66 valence electrons. The highest BCUT2D eigenvalue weighted by molar-refractivity contribution is 5.70. The summed E-state index contributed by atoms with van der Waals surface area (Å²) in [5.41, 5.74) is 4.51. The van der Waals surface area contributed by atoms with E-state index in [-0.39, 0.29) is 0 Å². The van der Waals surface area contributed by atoms with E-state index in [1.54, 1.807) is 0 Å². The van der Waals surface area contributed by atoms with Gasteiger partial charge in [0.25, 0.3) is 0 Å². The summed E-state index contributed by atoms with van der Waals surface area (Å²) in [6, 6.07) is 3.88. The molecule has 2 aliphatic rings. The van der Waals surface area contributed by atoms with E-state index in [0.717, 1.165) is 12.8 Å². The molecule has 3 rings (SSSR count). The van der Waals surface area contributed by atoms with Gasteiger partial charge in [-0.3, -0.25) is 0 Å². The molecule has 0 unspecified atom stereocenters. The Morgan fingerprint density at radius 2 is 1.92 bits per heavy atom. The first-order valence-corrected chi connectivity index (χ1v) is 4.63. The van der Waals surface area contributed by atoms with E-state index in [0.29, 0.717) is 5.69 Å². The van der Waals surface area contributed by atoms with Crippen LogP contribution >= 0.6 is 0 Å². The summed E-state index contributed by atoms with van der Waals surface area (Å²) in [6.45, 7) is 2.33. The lowest BCUT2D eigenvalue weighted by Gasteiger charge is -2.23. The first-order chi connectivity index (χ1) is 6.40. The van der Waals surface area contributed by atoms with Crippen molar-refractivity contribution in [2.24, 2.45) is 5.18 Å². The maximum absolute atomic E-state index is 10.4. The molecule has 1 fully saturated rings. The van der Waals surface area contributed by atoms with Crippen LogP contribution < -0.4 is 4.90 Å². The Hall–Kier alpha value is -1.38. The largest absolute Gasteiger partial charge is 0.368 e. The van der Waals surface area contributed by atoms with Gasteiger partial charge in [0.2, 0.25) is 0 Å². The van der Waals surface area contributed by atoms with E-state index in [1.165, 1.54) is 29.9 Å². The van der Waals surface area contributed by atoms with E-state index in [4.69, 9.17) is 0 Å². The highest BCUT2D eigenvalue weighted by atomic mass is 16.3. The van der Waals surface area contributed by atoms with E-state index >= 15 is 0 Å². The van der Waals surface area contributed by atoms with Gasteiger partial charge < -0.3 is 4.90 Å². The van der Waals surface area contributed by atoms with E-state index in [9.17, 15) is 4.91 Å². The highest BCUT2D eigenvalue weighted by Crippen LogP contribution is 2.40. The lowest BCUT2D eigenvalue weighted by atomic mass is 9.85. The summed E-state index contributed by atoms with van der Waals surface area (Å²) in [7, 11) is 0. The fourth-order valence-corrected chi connectivity index (χ4v) is 1.97.